The van der Waals surface area contributed by atoms with Crippen molar-refractivity contribution in [3.8, 4) is 0 Å². The van der Waals surface area contributed by atoms with Gasteiger partial charge in [-0.3, -0.25) is 4.79 Å². The van der Waals surface area contributed by atoms with Crippen molar-refractivity contribution in [2.24, 2.45) is 0 Å². The molecule has 0 fully saturated rings. The van der Waals surface area contributed by atoms with Crippen LogP contribution in [0.1, 0.15) is 23.7 Å². The van der Waals surface area contributed by atoms with Crippen LogP contribution in [0.15, 0.2) is 12.1 Å². The quantitative estimate of drug-likeness (QED) is 0.792. The highest BCUT2D eigenvalue weighted by atomic mass is 35.5. The molecule has 0 aromatic carbocycles. The minimum atomic E-state index is -4.45. The van der Waals surface area contributed by atoms with Gasteiger partial charge in [-0.2, -0.15) is 13.2 Å². The third-order valence-corrected chi connectivity index (χ3v) is 2.55. The lowest BCUT2D eigenvalue weighted by molar-refractivity contribution is -0.140. The van der Waals surface area contributed by atoms with E-state index in [1.807, 2.05) is 0 Å². The van der Waals surface area contributed by atoms with Crippen LogP contribution in [-0.4, -0.2) is 35.1 Å². The molecule has 0 aliphatic heterocycles. The third-order valence-electron chi connectivity index (χ3n) is 2.16. The SMILES string of the molecule is CCCN(CC(F)(F)F)C(=O)c1cc(Cl)nc(Cl)c1. The molecule has 106 valence electrons. The monoisotopic (exact) mass is 314 g/mol. The summed E-state index contributed by atoms with van der Waals surface area (Å²) >= 11 is 11.2. The maximum Gasteiger partial charge on any atom is 0.406 e. The second-order valence-electron chi connectivity index (χ2n) is 3.84. The zero-order valence-corrected chi connectivity index (χ0v) is 11.5. The number of hydrogen-bond acceptors (Lipinski definition) is 2. The van der Waals surface area contributed by atoms with Crippen molar-refractivity contribution in [1.82, 2.24) is 9.88 Å². The Hall–Kier alpha value is -1.01. The van der Waals surface area contributed by atoms with Gasteiger partial charge in [0, 0.05) is 12.1 Å². The summed E-state index contributed by atoms with van der Waals surface area (Å²) in [5.41, 5.74) is -0.0114. The summed E-state index contributed by atoms with van der Waals surface area (Å²) in [7, 11) is 0. The number of nitrogens with zero attached hydrogens (tertiary/aromatic N) is 2. The molecule has 0 unspecified atom stereocenters. The summed E-state index contributed by atoms with van der Waals surface area (Å²) in [6, 6.07) is 2.38. The van der Waals surface area contributed by atoms with E-state index < -0.39 is 18.6 Å². The van der Waals surface area contributed by atoms with Crippen molar-refractivity contribution in [2.45, 2.75) is 19.5 Å². The number of carbonyl (C=O) groups excluding carboxylic acids is 1. The smallest absolute Gasteiger partial charge is 0.330 e. The zero-order chi connectivity index (χ0) is 14.6. The molecular weight excluding hydrogens is 304 g/mol. The van der Waals surface area contributed by atoms with E-state index in [2.05, 4.69) is 4.98 Å². The third kappa shape index (κ3) is 5.24. The van der Waals surface area contributed by atoms with Gasteiger partial charge in [0.2, 0.25) is 0 Å². The molecule has 0 atom stereocenters. The summed E-state index contributed by atoms with van der Waals surface area (Å²) < 4.78 is 37.2. The van der Waals surface area contributed by atoms with Crippen molar-refractivity contribution < 1.29 is 18.0 Å². The minimum Gasteiger partial charge on any atom is -0.330 e. The average molecular weight is 315 g/mol. The van der Waals surface area contributed by atoms with Crippen LogP contribution in [-0.2, 0) is 0 Å². The highest BCUT2D eigenvalue weighted by Gasteiger charge is 2.33. The molecule has 0 bridgehead atoms. The first-order valence-electron chi connectivity index (χ1n) is 5.42. The number of halogens is 5. The van der Waals surface area contributed by atoms with Gasteiger partial charge in [-0.1, -0.05) is 30.1 Å². The molecule has 0 saturated carbocycles. The Morgan fingerprint density at radius 3 is 2.26 bits per heavy atom. The van der Waals surface area contributed by atoms with Crippen molar-refractivity contribution >= 4 is 29.1 Å². The van der Waals surface area contributed by atoms with Gasteiger partial charge in [-0.05, 0) is 18.6 Å². The van der Waals surface area contributed by atoms with Crippen LogP contribution < -0.4 is 0 Å². The fourth-order valence-electron chi connectivity index (χ4n) is 1.51. The number of aromatic nitrogens is 1. The van der Waals surface area contributed by atoms with Crippen LogP contribution in [0.4, 0.5) is 13.2 Å². The van der Waals surface area contributed by atoms with E-state index in [0.29, 0.717) is 11.3 Å². The molecule has 19 heavy (non-hydrogen) atoms. The van der Waals surface area contributed by atoms with E-state index in [1.54, 1.807) is 6.92 Å². The van der Waals surface area contributed by atoms with E-state index in [4.69, 9.17) is 23.2 Å². The first kappa shape index (κ1) is 16.0. The van der Waals surface area contributed by atoms with Gasteiger partial charge in [-0.15, -0.1) is 0 Å². The van der Waals surface area contributed by atoms with Crippen LogP contribution in [0.2, 0.25) is 10.3 Å². The summed E-state index contributed by atoms with van der Waals surface area (Å²) in [5.74, 6) is -0.773. The highest BCUT2D eigenvalue weighted by molar-refractivity contribution is 6.33. The Labute approximate surface area is 118 Å². The van der Waals surface area contributed by atoms with Gasteiger partial charge in [0.05, 0.1) is 0 Å². The second kappa shape index (κ2) is 6.43. The number of rotatable bonds is 4. The largest absolute Gasteiger partial charge is 0.406 e. The van der Waals surface area contributed by atoms with Crippen LogP contribution in [0.25, 0.3) is 0 Å². The molecule has 1 rings (SSSR count). The summed E-state index contributed by atoms with van der Waals surface area (Å²) in [5, 5.41) is -0.0846. The van der Waals surface area contributed by atoms with Crippen molar-refractivity contribution in [3.05, 3.63) is 28.0 Å². The van der Waals surface area contributed by atoms with Gasteiger partial charge in [0.15, 0.2) is 0 Å². The van der Waals surface area contributed by atoms with Gasteiger partial charge in [0.1, 0.15) is 16.9 Å². The fraction of sp³-hybridized carbons (Fsp3) is 0.455. The Kier molecular flexibility index (Phi) is 5.43. The molecule has 0 N–H and O–H groups in total. The molecule has 0 spiro atoms. The van der Waals surface area contributed by atoms with E-state index in [1.165, 1.54) is 12.1 Å². The van der Waals surface area contributed by atoms with Crippen LogP contribution in [0.3, 0.4) is 0 Å². The van der Waals surface area contributed by atoms with Gasteiger partial charge >= 0.3 is 6.18 Å². The predicted octanol–water partition coefficient (Wildman–Crippen LogP) is 3.80. The molecule has 1 aromatic heterocycles. The van der Waals surface area contributed by atoms with E-state index in [0.717, 1.165) is 0 Å². The second-order valence-corrected chi connectivity index (χ2v) is 4.62. The molecular formula is C11H11Cl2F3N2O. The molecule has 0 radical (unpaired) electrons. The first-order chi connectivity index (χ1) is 8.73. The number of amides is 1. The molecule has 1 heterocycles. The number of carbonyl (C=O) groups is 1. The maximum atomic E-state index is 12.4. The molecule has 0 aliphatic carbocycles. The Balaban J connectivity index is 2.98. The van der Waals surface area contributed by atoms with Crippen LogP contribution in [0.5, 0.6) is 0 Å². The number of alkyl halides is 3. The lowest BCUT2D eigenvalue weighted by atomic mass is 10.2. The summed E-state index contributed by atoms with van der Waals surface area (Å²) in [6.45, 7) is 0.371. The molecule has 1 aromatic rings. The molecule has 8 heteroatoms. The molecule has 0 saturated heterocycles. The highest BCUT2D eigenvalue weighted by Crippen LogP contribution is 2.20. The molecule has 0 aliphatic rings. The Morgan fingerprint density at radius 1 is 1.32 bits per heavy atom. The van der Waals surface area contributed by atoms with E-state index >= 15 is 0 Å². The lowest BCUT2D eigenvalue weighted by Gasteiger charge is -2.23. The fourth-order valence-corrected chi connectivity index (χ4v) is 1.97. The number of pyridine rings is 1. The Morgan fingerprint density at radius 2 is 1.84 bits per heavy atom. The van der Waals surface area contributed by atoms with Crippen molar-refractivity contribution in [3.63, 3.8) is 0 Å². The zero-order valence-electron chi connectivity index (χ0n) is 9.97. The standard InChI is InChI=1S/C11H11Cl2F3N2O/c1-2-3-18(6-11(14,15)16)10(19)7-4-8(12)17-9(13)5-7/h4-5H,2-3,6H2,1H3. The van der Waals surface area contributed by atoms with Gasteiger partial charge < -0.3 is 4.90 Å². The molecule has 1 amide bonds. The van der Waals surface area contributed by atoms with Gasteiger partial charge in [-0.25, -0.2) is 4.98 Å². The topological polar surface area (TPSA) is 33.2 Å². The normalized spacial score (nSPS) is 11.5. The van der Waals surface area contributed by atoms with Crippen LogP contribution in [0, 0.1) is 0 Å². The average Bonchev–Trinajstić information content (AvgIpc) is 2.24. The predicted molar refractivity (Wildman–Crippen MR) is 66.5 cm³/mol. The lowest BCUT2D eigenvalue weighted by Crippen LogP contribution is -2.39. The minimum absolute atomic E-state index is 0.00406. The van der Waals surface area contributed by atoms with Crippen LogP contribution >= 0.6 is 23.2 Å². The van der Waals surface area contributed by atoms with E-state index in [-0.39, 0.29) is 22.4 Å². The van der Waals surface area contributed by atoms with E-state index in [9.17, 15) is 18.0 Å². The van der Waals surface area contributed by atoms with Crippen molar-refractivity contribution in [2.75, 3.05) is 13.1 Å². The maximum absolute atomic E-state index is 12.4. The van der Waals surface area contributed by atoms with Gasteiger partial charge in [0.25, 0.3) is 5.91 Å². The summed E-state index contributed by atoms with van der Waals surface area (Å²) in [4.78, 5) is 16.3. The first-order valence-corrected chi connectivity index (χ1v) is 6.17. The summed E-state index contributed by atoms with van der Waals surface area (Å²) in [6.07, 6.45) is -4.04. The molecule has 3 nitrogen and oxygen atoms in total. The van der Waals surface area contributed by atoms with Crippen molar-refractivity contribution in [1.29, 1.82) is 0 Å². The number of hydrogen-bond donors (Lipinski definition) is 0. The Bertz CT molecular complexity index is 445.